The SMILES string of the molecule is CC#CC(O)OC(=O)CCCCC(=O)O.CCCCC1C(=O)NN(c2ccccc2)C1=O.CCOCC. The van der Waals surface area contributed by atoms with Crippen LogP contribution in [-0.2, 0) is 28.7 Å². The van der Waals surface area contributed by atoms with Gasteiger partial charge in [0.1, 0.15) is 5.92 Å². The molecule has 1 aromatic carbocycles. The number of aliphatic hydroxyl groups excluding tert-OH is 1. The van der Waals surface area contributed by atoms with E-state index in [2.05, 4.69) is 22.0 Å². The molecule has 0 spiro atoms. The number of esters is 1. The normalized spacial score (nSPS) is 14.6. The van der Waals surface area contributed by atoms with Gasteiger partial charge in [0, 0.05) is 26.1 Å². The molecular formula is C27H40N2O8. The number of anilines is 1. The van der Waals surface area contributed by atoms with Crippen LogP contribution in [0.25, 0.3) is 0 Å². The quantitative estimate of drug-likeness (QED) is 0.125. The Hall–Kier alpha value is -3.42. The average molecular weight is 521 g/mol. The number of aliphatic hydroxyl groups is 1. The first-order valence-electron chi connectivity index (χ1n) is 12.5. The molecule has 0 aliphatic carbocycles. The number of hydrogen-bond acceptors (Lipinski definition) is 7. The lowest BCUT2D eigenvalue weighted by Crippen LogP contribution is -2.35. The van der Waals surface area contributed by atoms with E-state index in [4.69, 9.17) is 14.9 Å². The summed E-state index contributed by atoms with van der Waals surface area (Å²) in [5.74, 6) is 2.34. The summed E-state index contributed by atoms with van der Waals surface area (Å²) < 4.78 is 9.33. The van der Waals surface area contributed by atoms with Crippen molar-refractivity contribution in [1.82, 2.24) is 5.43 Å². The molecule has 10 nitrogen and oxygen atoms in total. The Morgan fingerprint density at radius 1 is 1.05 bits per heavy atom. The third-order valence-electron chi connectivity index (χ3n) is 4.86. The summed E-state index contributed by atoms with van der Waals surface area (Å²) >= 11 is 0. The topological polar surface area (TPSA) is 142 Å². The lowest BCUT2D eigenvalue weighted by Gasteiger charge is -2.14. The lowest BCUT2D eigenvalue weighted by atomic mass is 10.0. The molecule has 1 aliphatic heterocycles. The minimum atomic E-state index is -1.39. The van der Waals surface area contributed by atoms with Crippen LogP contribution >= 0.6 is 0 Å². The zero-order chi connectivity index (χ0) is 28.1. The van der Waals surface area contributed by atoms with Gasteiger partial charge in [0.15, 0.2) is 0 Å². The molecule has 0 saturated carbocycles. The van der Waals surface area contributed by atoms with Crippen molar-refractivity contribution in [2.75, 3.05) is 18.2 Å². The Labute approximate surface area is 219 Å². The number of carbonyl (C=O) groups is 4. The smallest absolute Gasteiger partial charge is 0.308 e. The number of ether oxygens (including phenoxy) is 2. The molecule has 1 aromatic rings. The molecule has 0 radical (unpaired) electrons. The van der Waals surface area contributed by atoms with Crippen molar-refractivity contribution >= 4 is 29.4 Å². The molecule has 1 saturated heterocycles. The lowest BCUT2D eigenvalue weighted by molar-refractivity contribution is -0.159. The summed E-state index contributed by atoms with van der Waals surface area (Å²) in [7, 11) is 0. The Kier molecular flexibility index (Phi) is 18.8. The molecule has 206 valence electrons. The molecule has 3 N–H and O–H groups in total. The second kappa shape index (κ2) is 20.7. The molecule has 37 heavy (non-hydrogen) atoms. The number of benzene rings is 1. The highest BCUT2D eigenvalue weighted by Crippen LogP contribution is 2.22. The van der Waals surface area contributed by atoms with Crippen molar-refractivity contribution in [1.29, 1.82) is 0 Å². The molecule has 2 amide bonds. The molecule has 0 bridgehead atoms. The van der Waals surface area contributed by atoms with E-state index in [1.807, 2.05) is 39.0 Å². The van der Waals surface area contributed by atoms with E-state index < -0.39 is 24.1 Å². The van der Waals surface area contributed by atoms with Crippen LogP contribution in [0.5, 0.6) is 0 Å². The van der Waals surface area contributed by atoms with E-state index in [1.54, 1.807) is 12.1 Å². The van der Waals surface area contributed by atoms with Gasteiger partial charge >= 0.3 is 11.9 Å². The Bertz CT molecular complexity index is 877. The zero-order valence-corrected chi connectivity index (χ0v) is 22.2. The monoisotopic (exact) mass is 520 g/mol. The number of nitrogens with zero attached hydrogens (tertiary/aromatic N) is 1. The fourth-order valence-electron chi connectivity index (χ4n) is 3.03. The van der Waals surface area contributed by atoms with Crippen LogP contribution in [0.3, 0.4) is 0 Å². The molecule has 1 heterocycles. The Balaban J connectivity index is 0.000000598. The van der Waals surface area contributed by atoms with Crippen molar-refractivity contribution in [2.24, 2.45) is 5.92 Å². The third kappa shape index (κ3) is 15.3. The van der Waals surface area contributed by atoms with E-state index in [1.165, 1.54) is 11.9 Å². The first kappa shape index (κ1) is 33.6. The summed E-state index contributed by atoms with van der Waals surface area (Å²) in [5.41, 5.74) is 3.34. The van der Waals surface area contributed by atoms with Crippen LogP contribution in [0.15, 0.2) is 30.3 Å². The second-order valence-electron chi connectivity index (χ2n) is 7.80. The largest absolute Gasteiger partial charge is 0.481 e. The number of para-hydroxylation sites is 1. The van der Waals surface area contributed by atoms with Gasteiger partial charge in [-0.25, -0.2) is 5.01 Å². The highest BCUT2D eigenvalue weighted by atomic mass is 16.6. The average Bonchev–Trinajstić information content (AvgIpc) is 3.15. The number of aliphatic carboxylic acids is 1. The molecule has 2 unspecified atom stereocenters. The molecule has 2 atom stereocenters. The van der Waals surface area contributed by atoms with Gasteiger partial charge in [-0.15, -0.1) is 5.92 Å². The van der Waals surface area contributed by atoms with Gasteiger partial charge < -0.3 is 19.7 Å². The van der Waals surface area contributed by atoms with Crippen molar-refractivity contribution in [3.8, 4) is 11.8 Å². The third-order valence-corrected chi connectivity index (χ3v) is 4.86. The van der Waals surface area contributed by atoms with Crippen LogP contribution < -0.4 is 10.4 Å². The van der Waals surface area contributed by atoms with Gasteiger partial charge in [-0.1, -0.05) is 38.0 Å². The Morgan fingerprint density at radius 3 is 2.19 bits per heavy atom. The maximum Gasteiger partial charge on any atom is 0.308 e. The van der Waals surface area contributed by atoms with Gasteiger partial charge in [0.05, 0.1) is 5.69 Å². The number of carboxylic acid groups (broad SMARTS) is 1. The second-order valence-corrected chi connectivity index (χ2v) is 7.80. The van der Waals surface area contributed by atoms with E-state index in [0.29, 0.717) is 24.9 Å². The van der Waals surface area contributed by atoms with E-state index in [9.17, 15) is 19.2 Å². The van der Waals surface area contributed by atoms with Crippen molar-refractivity contribution in [3.63, 3.8) is 0 Å². The van der Waals surface area contributed by atoms with Gasteiger partial charge in [-0.3, -0.25) is 24.6 Å². The van der Waals surface area contributed by atoms with Crippen molar-refractivity contribution in [2.45, 2.75) is 78.9 Å². The number of carboxylic acids is 1. The van der Waals surface area contributed by atoms with Crippen molar-refractivity contribution in [3.05, 3.63) is 30.3 Å². The minimum absolute atomic E-state index is 0.0323. The molecule has 1 aliphatic rings. The highest BCUT2D eigenvalue weighted by Gasteiger charge is 2.39. The summed E-state index contributed by atoms with van der Waals surface area (Å²) in [6.07, 6.45) is 2.10. The summed E-state index contributed by atoms with van der Waals surface area (Å²) in [5, 5.41) is 18.6. The first-order chi connectivity index (χ1) is 17.7. The van der Waals surface area contributed by atoms with Gasteiger partial charge in [-0.2, -0.15) is 0 Å². The summed E-state index contributed by atoms with van der Waals surface area (Å²) in [4.78, 5) is 44.9. The van der Waals surface area contributed by atoms with Crippen LogP contribution in [0.1, 0.15) is 72.6 Å². The summed E-state index contributed by atoms with van der Waals surface area (Å²) in [6, 6.07) is 9.17. The summed E-state index contributed by atoms with van der Waals surface area (Å²) in [6.45, 7) is 9.23. The molecule has 10 heteroatoms. The van der Waals surface area contributed by atoms with E-state index in [-0.39, 0.29) is 24.7 Å². The molecule has 2 rings (SSSR count). The number of hydrogen-bond donors (Lipinski definition) is 3. The van der Waals surface area contributed by atoms with Crippen LogP contribution in [0, 0.1) is 17.8 Å². The Morgan fingerprint density at radius 2 is 1.68 bits per heavy atom. The zero-order valence-electron chi connectivity index (χ0n) is 22.2. The van der Waals surface area contributed by atoms with Crippen molar-refractivity contribution < 1.29 is 38.9 Å². The molecule has 0 aromatic heterocycles. The number of carbonyl (C=O) groups excluding carboxylic acids is 3. The molecule has 1 fully saturated rings. The number of rotatable bonds is 12. The maximum absolute atomic E-state index is 12.1. The first-order valence-corrected chi connectivity index (χ1v) is 12.5. The predicted molar refractivity (Wildman–Crippen MR) is 139 cm³/mol. The standard InChI is InChI=1S/C13H16N2O2.C10H14O5.C4H10O/c1-2-3-9-11-12(16)14-15(13(11)17)10-7-5-4-6-8-10;1-2-5-9(13)15-10(14)7-4-3-6-8(11)12;1-3-5-4-2/h4-8,11H,2-3,9H2,1H3,(H,14,16);9,13H,3-4,6-7H2,1H3,(H,11,12);3-4H2,1-2H3. The predicted octanol–water partition coefficient (Wildman–Crippen LogP) is 3.43. The number of amides is 2. The molecular weight excluding hydrogens is 480 g/mol. The number of unbranched alkanes of at least 4 members (excludes halogenated alkanes) is 2. The minimum Gasteiger partial charge on any atom is -0.481 e. The van der Waals surface area contributed by atoms with Gasteiger partial charge in [0.25, 0.3) is 18.1 Å². The van der Waals surface area contributed by atoms with Crippen LogP contribution in [0.2, 0.25) is 0 Å². The maximum atomic E-state index is 12.1. The van der Waals surface area contributed by atoms with Crippen LogP contribution in [-0.4, -0.2) is 53.5 Å². The van der Waals surface area contributed by atoms with Gasteiger partial charge in [-0.05, 0) is 58.1 Å². The van der Waals surface area contributed by atoms with E-state index >= 15 is 0 Å². The fourth-order valence-corrected chi connectivity index (χ4v) is 3.03. The van der Waals surface area contributed by atoms with E-state index in [0.717, 1.165) is 26.1 Å². The highest BCUT2D eigenvalue weighted by molar-refractivity contribution is 6.14. The van der Waals surface area contributed by atoms with Crippen LogP contribution in [0.4, 0.5) is 5.69 Å². The fraction of sp³-hybridized carbons (Fsp3) is 0.556. The number of hydrazine groups is 1. The van der Waals surface area contributed by atoms with Gasteiger partial charge in [0.2, 0.25) is 0 Å². The number of nitrogens with one attached hydrogen (secondary N) is 1.